The lowest BCUT2D eigenvalue weighted by Crippen LogP contribution is -2.46. The molecule has 3 rings (SSSR count). The molecule has 2 atom stereocenters. The molecule has 24 heavy (non-hydrogen) atoms. The summed E-state index contributed by atoms with van der Waals surface area (Å²) in [5, 5.41) is 12.4. The molecule has 2 amide bonds. The van der Waals surface area contributed by atoms with Crippen LogP contribution in [0.25, 0.3) is 0 Å². The Morgan fingerprint density at radius 3 is 2.46 bits per heavy atom. The van der Waals surface area contributed by atoms with Gasteiger partial charge in [0.15, 0.2) is 0 Å². The summed E-state index contributed by atoms with van der Waals surface area (Å²) in [5.74, 6) is -1.44. The van der Waals surface area contributed by atoms with Crippen LogP contribution >= 0.6 is 0 Å². The zero-order valence-corrected chi connectivity index (χ0v) is 13.7. The Labute approximate surface area is 140 Å². The Morgan fingerprint density at radius 1 is 1.12 bits per heavy atom. The Bertz CT molecular complexity index is 770. The number of hydrogen-bond donors (Lipinski definition) is 2. The first-order valence-corrected chi connectivity index (χ1v) is 7.96. The molecule has 0 bridgehead atoms. The number of nitrogens with zero attached hydrogens (tertiary/aromatic N) is 1. The Balaban J connectivity index is 1.91. The monoisotopic (exact) mass is 324 g/mol. The first-order chi connectivity index (χ1) is 11.5. The van der Waals surface area contributed by atoms with Crippen LogP contribution in [0.3, 0.4) is 0 Å². The van der Waals surface area contributed by atoms with Crippen molar-refractivity contribution in [3.05, 3.63) is 59.7 Å². The summed E-state index contributed by atoms with van der Waals surface area (Å²) in [7, 11) is 0. The minimum absolute atomic E-state index is 0.202. The number of hydrogen-bond acceptors (Lipinski definition) is 2. The number of anilines is 2. The third-order valence-electron chi connectivity index (χ3n) is 4.41. The fraction of sp³-hybridized carbons (Fsp3) is 0.263. The van der Waals surface area contributed by atoms with Crippen LogP contribution in [-0.2, 0) is 4.79 Å². The molecule has 0 spiro atoms. The summed E-state index contributed by atoms with van der Waals surface area (Å²) < 4.78 is 0. The normalized spacial score (nSPS) is 19.5. The van der Waals surface area contributed by atoms with Crippen molar-refractivity contribution in [2.75, 3.05) is 10.2 Å². The van der Waals surface area contributed by atoms with Crippen LogP contribution in [0.5, 0.6) is 0 Å². The van der Waals surface area contributed by atoms with Gasteiger partial charge >= 0.3 is 12.0 Å². The maximum absolute atomic E-state index is 12.8. The van der Waals surface area contributed by atoms with E-state index >= 15 is 0 Å². The van der Waals surface area contributed by atoms with E-state index in [-0.39, 0.29) is 12.1 Å². The van der Waals surface area contributed by atoms with E-state index in [1.54, 1.807) is 23.1 Å². The number of carbonyl (C=O) groups is 2. The molecule has 0 radical (unpaired) electrons. The van der Waals surface area contributed by atoms with Crippen molar-refractivity contribution in [1.82, 2.24) is 0 Å². The topological polar surface area (TPSA) is 69.6 Å². The molecule has 0 aromatic heterocycles. The Morgan fingerprint density at radius 2 is 1.79 bits per heavy atom. The molecule has 5 nitrogen and oxygen atoms in total. The van der Waals surface area contributed by atoms with Crippen LogP contribution in [0, 0.1) is 6.92 Å². The number of carboxylic acid groups (broad SMARTS) is 1. The van der Waals surface area contributed by atoms with Crippen molar-refractivity contribution < 1.29 is 14.7 Å². The molecule has 0 saturated carbocycles. The van der Waals surface area contributed by atoms with E-state index < -0.39 is 11.9 Å². The third kappa shape index (κ3) is 2.97. The average Bonchev–Trinajstić information content (AvgIpc) is 2.56. The van der Waals surface area contributed by atoms with Gasteiger partial charge in [-0.1, -0.05) is 35.9 Å². The van der Waals surface area contributed by atoms with Gasteiger partial charge in [0.25, 0.3) is 0 Å². The third-order valence-corrected chi connectivity index (χ3v) is 4.41. The van der Waals surface area contributed by atoms with Gasteiger partial charge in [0.05, 0.1) is 5.92 Å². The van der Waals surface area contributed by atoms with E-state index in [4.69, 9.17) is 0 Å². The highest BCUT2D eigenvalue weighted by atomic mass is 16.4. The van der Waals surface area contributed by atoms with E-state index in [1.165, 1.54) is 0 Å². The SMILES string of the molecule is Cc1ccc(NC(=O)N2c3ccccc3C(C(=O)O)CC2C)cc1. The Kier molecular flexibility index (Phi) is 4.25. The van der Waals surface area contributed by atoms with E-state index in [9.17, 15) is 14.7 Å². The number of para-hydroxylation sites is 1. The van der Waals surface area contributed by atoms with Crippen molar-refractivity contribution in [1.29, 1.82) is 0 Å². The molecule has 1 aliphatic rings. The first kappa shape index (κ1) is 16.1. The second-order valence-corrected chi connectivity index (χ2v) is 6.20. The number of aryl methyl sites for hydroxylation is 1. The minimum Gasteiger partial charge on any atom is -0.481 e. The molecule has 0 saturated heterocycles. The van der Waals surface area contributed by atoms with Crippen molar-refractivity contribution >= 4 is 23.4 Å². The summed E-state index contributed by atoms with van der Waals surface area (Å²) in [5.41, 5.74) is 3.18. The molecule has 1 aliphatic heterocycles. The molecular formula is C19H20N2O3. The highest BCUT2D eigenvalue weighted by Gasteiger charge is 2.36. The molecule has 1 heterocycles. The number of rotatable bonds is 2. The number of urea groups is 1. The van der Waals surface area contributed by atoms with Gasteiger partial charge in [-0.3, -0.25) is 9.69 Å². The minimum atomic E-state index is -0.854. The molecule has 5 heteroatoms. The maximum atomic E-state index is 12.8. The predicted molar refractivity (Wildman–Crippen MR) is 93.6 cm³/mol. The number of carboxylic acids is 1. The molecule has 2 unspecified atom stereocenters. The van der Waals surface area contributed by atoms with Crippen molar-refractivity contribution in [3.63, 3.8) is 0 Å². The van der Waals surface area contributed by atoms with Crippen molar-refractivity contribution in [2.24, 2.45) is 0 Å². The number of carbonyl (C=O) groups excluding carboxylic acids is 1. The zero-order valence-electron chi connectivity index (χ0n) is 13.7. The van der Waals surface area contributed by atoms with Gasteiger partial charge in [0.1, 0.15) is 0 Å². The quantitative estimate of drug-likeness (QED) is 0.877. The van der Waals surface area contributed by atoms with E-state index in [0.29, 0.717) is 17.7 Å². The van der Waals surface area contributed by atoms with Crippen LogP contribution in [0.2, 0.25) is 0 Å². The highest BCUT2D eigenvalue weighted by molar-refractivity contribution is 6.03. The fourth-order valence-electron chi connectivity index (χ4n) is 3.18. The molecular weight excluding hydrogens is 304 g/mol. The summed E-state index contributed by atoms with van der Waals surface area (Å²) in [4.78, 5) is 26.0. The molecule has 2 aromatic rings. The first-order valence-electron chi connectivity index (χ1n) is 7.96. The van der Waals surface area contributed by atoms with Crippen LogP contribution in [-0.4, -0.2) is 23.1 Å². The van der Waals surface area contributed by atoms with Gasteiger partial charge in [0.2, 0.25) is 0 Å². The summed E-state index contributed by atoms with van der Waals surface area (Å²) >= 11 is 0. The number of benzene rings is 2. The number of amides is 2. The van der Waals surface area contributed by atoms with Crippen LogP contribution in [0.4, 0.5) is 16.2 Å². The molecule has 124 valence electrons. The summed E-state index contributed by atoms with van der Waals surface area (Å²) in [6.07, 6.45) is 0.396. The Hall–Kier alpha value is -2.82. The zero-order chi connectivity index (χ0) is 17.3. The number of aliphatic carboxylic acids is 1. The molecule has 0 fully saturated rings. The molecule has 0 aliphatic carbocycles. The summed E-state index contributed by atoms with van der Waals surface area (Å²) in [6.45, 7) is 3.86. The van der Waals surface area contributed by atoms with Crippen molar-refractivity contribution in [2.45, 2.75) is 32.2 Å². The second kappa shape index (κ2) is 6.35. The van der Waals surface area contributed by atoms with Gasteiger partial charge in [-0.05, 0) is 44.0 Å². The molecule has 2 aromatic carbocycles. The second-order valence-electron chi connectivity index (χ2n) is 6.20. The highest BCUT2D eigenvalue weighted by Crippen LogP contribution is 2.38. The summed E-state index contributed by atoms with van der Waals surface area (Å²) in [6, 6.07) is 14.3. The van der Waals surface area contributed by atoms with Gasteiger partial charge < -0.3 is 10.4 Å². The van der Waals surface area contributed by atoms with E-state index in [1.807, 2.05) is 44.2 Å². The average molecular weight is 324 g/mol. The van der Waals surface area contributed by atoms with Crippen LogP contribution in [0.15, 0.2) is 48.5 Å². The van der Waals surface area contributed by atoms with E-state index in [2.05, 4.69) is 5.32 Å². The van der Waals surface area contributed by atoms with E-state index in [0.717, 1.165) is 11.3 Å². The number of nitrogens with one attached hydrogen (secondary N) is 1. The van der Waals surface area contributed by atoms with Gasteiger partial charge in [-0.2, -0.15) is 0 Å². The van der Waals surface area contributed by atoms with Crippen molar-refractivity contribution in [3.8, 4) is 0 Å². The molecule has 2 N–H and O–H groups in total. The standard InChI is InChI=1S/C19H20N2O3/c1-12-7-9-14(10-8-12)20-19(24)21-13(2)11-16(18(22)23)15-5-3-4-6-17(15)21/h3-10,13,16H,11H2,1-2H3,(H,20,24)(H,22,23). The maximum Gasteiger partial charge on any atom is 0.326 e. The number of fused-ring (bicyclic) bond motifs is 1. The fourth-order valence-corrected chi connectivity index (χ4v) is 3.18. The van der Waals surface area contributed by atoms with Crippen LogP contribution in [0.1, 0.15) is 30.4 Å². The van der Waals surface area contributed by atoms with Gasteiger partial charge in [-0.15, -0.1) is 0 Å². The van der Waals surface area contributed by atoms with Gasteiger partial charge in [-0.25, -0.2) is 4.79 Å². The largest absolute Gasteiger partial charge is 0.481 e. The van der Waals surface area contributed by atoms with Gasteiger partial charge in [0, 0.05) is 17.4 Å². The van der Waals surface area contributed by atoms with Crippen LogP contribution < -0.4 is 10.2 Å². The lowest BCUT2D eigenvalue weighted by Gasteiger charge is -2.37. The lowest BCUT2D eigenvalue weighted by atomic mass is 9.86. The predicted octanol–water partition coefficient (Wildman–Crippen LogP) is 3.99. The lowest BCUT2D eigenvalue weighted by molar-refractivity contribution is -0.139. The smallest absolute Gasteiger partial charge is 0.326 e.